The highest BCUT2D eigenvalue weighted by atomic mass is 79.9. The zero-order chi connectivity index (χ0) is 18.0. The lowest BCUT2D eigenvalue weighted by Crippen LogP contribution is -2.37. The van der Waals surface area contributed by atoms with Gasteiger partial charge in [-0.05, 0) is 30.3 Å². The summed E-state index contributed by atoms with van der Waals surface area (Å²) in [5.74, 6) is -1.34. The van der Waals surface area contributed by atoms with Gasteiger partial charge in [0.2, 0.25) is 5.91 Å². The predicted molar refractivity (Wildman–Crippen MR) is 95.4 cm³/mol. The van der Waals surface area contributed by atoms with E-state index in [9.17, 15) is 14.0 Å². The van der Waals surface area contributed by atoms with Gasteiger partial charge in [0.05, 0.1) is 18.5 Å². The summed E-state index contributed by atoms with van der Waals surface area (Å²) in [6, 6.07) is 11.4. The number of carbonyl (C=O) groups is 2. The van der Waals surface area contributed by atoms with E-state index in [0.717, 1.165) is 4.47 Å². The van der Waals surface area contributed by atoms with Crippen LogP contribution in [0.5, 0.6) is 0 Å². The van der Waals surface area contributed by atoms with E-state index < -0.39 is 11.8 Å². The Morgan fingerprint density at radius 3 is 2.76 bits per heavy atom. The zero-order valence-electron chi connectivity index (χ0n) is 13.3. The third-order valence-corrected chi connectivity index (χ3v) is 4.32. The number of fused-ring (bicyclic) bond motifs is 1. The van der Waals surface area contributed by atoms with Crippen molar-refractivity contribution in [3.63, 3.8) is 0 Å². The van der Waals surface area contributed by atoms with Crippen molar-refractivity contribution in [1.29, 1.82) is 0 Å². The van der Waals surface area contributed by atoms with Gasteiger partial charge in [0.25, 0.3) is 0 Å². The Hall–Kier alpha value is -2.54. The van der Waals surface area contributed by atoms with E-state index in [1.807, 2.05) is 0 Å². The number of nitrogens with zero attached hydrogens (tertiary/aromatic N) is 2. The number of benzodiazepines with no additional fused rings is 1. The number of methoxy groups -OCH3 is 1. The normalized spacial score (nSPS) is 13.8. The molecule has 0 unspecified atom stereocenters. The summed E-state index contributed by atoms with van der Waals surface area (Å²) in [5, 5.41) is 0. The van der Waals surface area contributed by atoms with E-state index in [1.54, 1.807) is 36.4 Å². The number of anilines is 1. The molecule has 3 rings (SSSR count). The summed E-state index contributed by atoms with van der Waals surface area (Å²) >= 11 is 3.39. The van der Waals surface area contributed by atoms with E-state index in [4.69, 9.17) is 0 Å². The predicted octanol–water partition coefficient (Wildman–Crippen LogP) is 2.95. The van der Waals surface area contributed by atoms with Crippen LogP contribution in [0.2, 0.25) is 0 Å². The first-order valence-corrected chi connectivity index (χ1v) is 8.27. The number of hydrogen-bond acceptors (Lipinski definition) is 4. The molecule has 0 aromatic heterocycles. The minimum absolute atomic E-state index is 0.188. The zero-order valence-corrected chi connectivity index (χ0v) is 14.9. The summed E-state index contributed by atoms with van der Waals surface area (Å²) in [6.07, 6.45) is 0. The summed E-state index contributed by atoms with van der Waals surface area (Å²) in [6.45, 7) is -0.420. The van der Waals surface area contributed by atoms with Crippen LogP contribution in [0.4, 0.5) is 10.1 Å². The van der Waals surface area contributed by atoms with Crippen molar-refractivity contribution in [2.24, 2.45) is 4.99 Å². The van der Waals surface area contributed by atoms with E-state index in [2.05, 4.69) is 25.7 Å². The molecule has 7 heteroatoms. The molecule has 0 fully saturated rings. The van der Waals surface area contributed by atoms with E-state index >= 15 is 0 Å². The highest BCUT2D eigenvalue weighted by Crippen LogP contribution is 2.30. The average Bonchev–Trinajstić information content (AvgIpc) is 2.73. The van der Waals surface area contributed by atoms with Crippen LogP contribution in [0.1, 0.15) is 11.1 Å². The van der Waals surface area contributed by atoms with Gasteiger partial charge in [0, 0.05) is 15.6 Å². The molecule has 2 aromatic carbocycles. The SMILES string of the molecule is COC(=O)CN1C(=O)CN=C(c2ccccc2F)c2cc(Br)ccc21. The minimum Gasteiger partial charge on any atom is -0.468 e. The number of carbonyl (C=O) groups excluding carboxylic acids is 2. The molecule has 5 nitrogen and oxygen atoms in total. The molecule has 0 aliphatic carbocycles. The molecule has 0 radical (unpaired) electrons. The number of halogens is 2. The summed E-state index contributed by atoms with van der Waals surface area (Å²) in [7, 11) is 1.26. The van der Waals surface area contributed by atoms with Gasteiger partial charge in [0.1, 0.15) is 18.9 Å². The standard InChI is InChI=1S/C18H14BrFN2O3/c1-25-17(24)10-22-15-7-6-11(19)8-13(15)18(21-9-16(22)23)12-4-2-3-5-14(12)20/h2-8H,9-10H2,1H3. The molecule has 0 saturated carbocycles. The highest BCUT2D eigenvalue weighted by Gasteiger charge is 2.28. The first-order valence-electron chi connectivity index (χ1n) is 7.47. The maximum atomic E-state index is 14.3. The first-order chi connectivity index (χ1) is 12.0. The van der Waals surface area contributed by atoms with E-state index in [0.29, 0.717) is 22.5 Å². The number of benzene rings is 2. The van der Waals surface area contributed by atoms with Crippen molar-refractivity contribution in [3.05, 3.63) is 63.9 Å². The number of rotatable bonds is 3. The maximum absolute atomic E-state index is 14.3. The van der Waals surface area contributed by atoms with Crippen LogP contribution < -0.4 is 4.90 Å². The van der Waals surface area contributed by atoms with Gasteiger partial charge >= 0.3 is 5.97 Å². The van der Waals surface area contributed by atoms with Gasteiger partial charge in [0.15, 0.2) is 0 Å². The third-order valence-electron chi connectivity index (χ3n) is 3.82. The second-order valence-corrected chi connectivity index (χ2v) is 6.28. The molecule has 2 aromatic rings. The molecule has 25 heavy (non-hydrogen) atoms. The average molecular weight is 405 g/mol. The number of amides is 1. The lowest BCUT2D eigenvalue weighted by molar-refractivity contribution is -0.139. The molecule has 1 aliphatic rings. The molecule has 0 saturated heterocycles. The largest absolute Gasteiger partial charge is 0.468 e. The quantitative estimate of drug-likeness (QED) is 0.738. The van der Waals surface area contributed by atoms with E-state index in [-0.39, 0.29) is 19.0 Å². The topological polar surface area (TPSA) is 59.0 Å². The molecular formula is C18H14BrFN2O3. The number of hydrogen-bond donors (Lipinski definition) is 0. The Morgan fingerprint density at radius 2 is 2.04 bits per heavy atom. The van der Waals surface area contributed by atoms with Crippen LogP contribution in [0.25, 0.3) is 0 Å². The van der Waals surface area contributed by atoms with Crippen molar-refractivity contribution < 1.29 is 18.7 Å². The molecule has 0 bridgehead atoms. The lowest BCUT2D eigenvalue weighted by atomic mass is 9.99. The van der Waals surface area contributed by atoms with Crippen molar-refractivity contribution >= 4 is 39.2 Å². The lowest BCUT2D eigenvalue weighted by Gasteiger charge is -2.22. The fourth-order valence-corrected chi connectivity index (χ4v) is 3.00. The second-order valence-electron chi connectivity index (χ2n) is 5.36. The van der Waals surface area contributed by atoms with Crippen LogP contribution in [0, 0.1) is 5.82 Å². The van der Waals surface area contributed by atoms with Gasteiger partial charge in [-0.25, -0.2) is 4.39 Å². The molecule has 1 amide bonds. The summed E-state index contributed by atoms with van der Waals surface area (Å²) in [4.78, 5) is 29.8. The molecule has 1 heterocycles. The van der Waals surface area contributed by atoms with Crippen molar-refractivity contribution in [2.75, 3.05) is 25.1 Å². The van der Waals surface area contributed by atoms with Crippen molar-refractivity contribution in [3.8, 4) is 0 Å². The van der Waals surface area contributed by atoms with Crippen molar-refractivity contribution in [1.82, 2.24) is 0 Å². The Balaban J connectivity index is 2.17. The molecule has 0 atom stereocenters. The van der Waals surface area contributed by atoms with E-state index in [1.165, 1.54) is 18.1 Å². The van der Waals surface area contributed by atoms with Crippen molar-refractivity contribution in [2.45, 2.75) is 0 Å². The molecule has 128 valence electrons. The van der Waals surface area contributed by atoms with Crippen LogP contribution in [-0.4, -0.2) is 37.8 Å². The monoisotopic (exact) mass is 404 g/mol. The third kappa shape index (κ3) is 3.46. The molecule has 1 aliphatic heterocycles. The number of aliphatic imine (C=N–C) groups is 1. The van der Waals surface area contributed by atoms with Crippen LogP contribution in [-0.2, 0) is 14.3 Å². The number of ether oxygens (including phenoxy) is 1. The Morgan fingerprint density at radius 1 is 1.28 bits per heavy atom. The van der Waals surface area contributed by atoms with Gasteiger partial charge < -0.3 is 4.74 Å². The van der Waals surface area contributed by atoms with Gasteiger partial charge in [-0.3, -0.25) is 19.5 Å². The van der Waals surface area contributed by atoms with Gasteiger partial charge in [-0.2, -0.15) is 0 Å². The maximum Gasteiger partial charge on any atom is 0.325 e. The molecule has 0 spiro atoms. The Bertz CT molecular complexity index is 882. The first kappa shape index (κ1) is 17.3. The van der Waals surface area contributed by atoms with Gasteiger partial charge in [-0.1, -0.05) is 28.1 Å². The fourth-order valence-electron chi connectivity index (χ4n) is 2.64. The highest BCUT2D eigenvalue weighted by molar-refractivity contribution is 9.10. The minimum atomic E-state index is -0.545. The van der Waals surface area contributed by atoms with Crippen LogP contribution >= 0.6 is 15.9 Å². The summed E-state index contributed by atoms with van der Waals surface area (Å²) < 4.78 is 19.7. The smallest absolute Gasteiger partial charge is 0.325 e. The van der Waals surface area contributed by atoms with Crippen LogP contribution in [0.15, 0.2) is 51.9 Å². The molecule has 0 N–H and O–H groups in total. The second kappa shape index (κ2) is 7.14. The Labute approximate surface area is 152 Å². The summed E-state index contributed by atoms with van der Waals surface area (Å²) in [5.41, 5.74) is 1.72. The molecular weight excluding hydrogens is 391 g/mol. The van der Waals surface area contributed by atoms with Crippen LogP contribution in [0.3, 0.4) is 0 Å². The number of esters is 1. The fraction of sp³-hybridized carbons (Fsp3) is 0.167. The van der Waals surface area contributed by atoms with Gasteiger partial charge in [-0.15, -0.1) is 0 Å². The Kier molecular flexibility index (Phi) is 4.94.